The van der Waals surface area contributed by atoms with Crippen molar-refractivity contribution in [2.45, 2.75) is 0 Å². The Labute approximate surface area is 91.6 Å². The van der Waals surface area contributed by atoms with E-state index in [4.69, 9.17) is 15.7 Å². The van der Waals surface area contributed by atoms with Crippen molar-refractivity contribution in [3.63, 3.8) is 0 Å². The van der Waals surface area contributed by atoms with Gasteiger partial charge in [-0.25, -0.2) is 4.39 Å². The van der Waals surface area contributed by atoms with Gasteiger partial charge in [0, 0.05) is 27.1 Å². The highest BCUT2D eigenvalue weighted by molar-refractivity contribution is 9.10. The van der Waals surface area contributed by atoms with Gasteiger partial charge in [0.25, 0.3) is 0 Å². The van der Waals surface area contributed by atoms with Crippen LogP contribution >= 0.6 is 27.5 Å². The zero-order valence-electron chi connectivity index (χ0n) is 9.18. The van der Waals surface area contributed by atoms with Gasteiger partial charge in [0.1, 0.15) is 16.4 Å². The van der Waals surface area contributed by atoms with Crippen LogP contribution in [0.25, 0.3) is 10.9 Å². The maximum atomic E-state index is 13.3. The van der Waals surface area contributed by atoms with Crippen molar-refractivity contribution in [1.29, 1.82) is 0 Å². The van der Waals surface area contributed by atoms with E-state index in [1.807, 2.05) is 0 Å². The van der Waals surface area contributed by atoms with Crippen molar-refractivity contribution < 1.29 is 8.50 Å². The summed E-state index contributed by atoms with van der Waals surface area (Å²) >= 11 is 8.83. The summed E-state index contributed by atoms with van der Waals surface area (Å²) in [4.78, 5) is 0. The first kappa shape index (κ1) is 5.98. The lowest BCUT2D eigenvalue weighted by Crippen LogP contribution is -1.85. The van der Waals surface area contributed by atoms with Gasteiger partial charge in [-0.15, -0.1) is 0 Å². The molecule has 0 N–H and O–H groups in total. The Balaban J connectivity index is 2.80. The molecule has 0 aliphatic heterocycles. The van der Waals surface area contributed by atoms with Gasteiger partial charge in [0.2, 0.25) is 0 Å². The summed E-state index contributed by atoms with van der Waals surface area (Å²) in [6.07, 6.45) is 1.30. The summed E-state index contributed by atoms with van der Waals surface area (Å²) in [5.74, 6) is -0.642. The van der Waals surface area contributed by atoms with Gasteiger partial charge in [-0.1, -0.05) is 11.6 Å². The van der Waals surface area contributed by atoms with Crippen LogP contribution in [0.1, 0.15) is 4.11 Å². The highest BCUT2D eigenvalue weighted by Gasteiger charge is 2.11. The monoisotopic (exact) mass is 265 g/mol. The predicted molar refractivity (Wildman–Crippen MR) is 53.4 cm³/mol. The quantitative estimate of drug-likeness (QED) is 0.670. The van der Waals surface area contributed by atoms with Gasteiger partial charge in [0.05, 0.1) is 0 Å². The fraction of sp³-hybridized carbons (Fsp3) is 0.125. The molecule has 5 heteroatoms. The Morgan fingerprint density at radius 1 is 1.77 bits per heavy atom. The second kappa shape index (κ2) is 2.96. The van der Waals surface area contributed by atoms with Crippen molar-refractivity contribution in [3.05, 3.63) is 27.6 Å². The Kier molecular flexibility index (Phi) is 1.36. The average molecular weight is 267 g/mol. The molecule has 2 nitrogen and oxygen atoms in total. The Morgan fingerprint density at radius 2 is 2.54 bits per heavy atom. The fourth-order valence-electron chi connectivity index (χ4n) is 1.08. The molecule has 1 heterocycles. The fourth-order valence-corrected chi connectivity index (χ4v) is 1.76. The molecule has 0 aliphatic rings. The van der Waals surface area contributed by atoms with Crippen LogP contribution in [0.2, 0.25) is 5.02 Å². The minimum Gasteiger partial charge on any atom is -0.275 e. The SMILES string of the molecule is [2H]C([2H])([2H])n1cc2c(Br)cc(F)c(Cl)c2n1. The van der Waals surface area contributed by atoms with Crippen LogP contribution in [0.4, 0.5) is 4.39 Å². The lowest BCUT2D eigenvalue weighted by molar-refractivity contribution is 0.629. The molecule has 68 valence electrons. The maximum absolute atomic E-state index is 13.3. The van der Waals surface area contributed by atoms with E-state index >= 15 is 0 Å². The van der Waals surface area contributed by atoms with E-state index in [1.54, 1.807) is 0 Å². The first-order valence-electron chi connectivity index (χ1n) is 4.84. The number of halogens is 3. The van der Waals surface area contributed by atoms with E-state index in [1.165, 1.54) is 12.3 Å². The van der Waals surface area contributed by atoms with Crippen LogP contribution in [0, 0.1) is 5.82 Å². The molecule has 2 rings (SSSR count). The molecule has 1 aromatic heterocycles. The summed E-state index contributed by atoms with van der Waals surface area (Å²) in [7, 11) is 0. The van der Waals surface area contributed by atoms with E-state index < -0.39 is 12.8 Å². The van der Waals surface area contributed by atoms with Gasteiger partial charge in [-0.2, -0.15) is 5.10 Å². The third-order valence-corrected chi connectivity index (χ3v) is 2.66. The summed E-state index contributed by atoms with van der Waals surface area (Å²) in [6.45, 7) is -2.40. The van der Waals surface area contributed by atoms with Crippen molar-refractivity contribution >= 4 is 38.4 Å². The number of fused-ring (bicyclic) bond motifs is 1. The van der Waals surface area contributed by atoms with Crippen LogP contribution in [-0.2, 0) is 6.98 Å². The van der Waals surface area contributed by atoms with Crippen LogP contribution in [0.3, 0.4) is 0 Å². The molecule has 0 saturated heterocycles. The number of nitrogens with zero attached hydrogens (tertiary/aromatic N) is 2. The van der Waals surface area contributed by atoms with E-state index in [0.717, 1.165) is 4.68 Å². The molecule has 0 radical (unpaired) electrons. The highest BCUT2D eigenvalue weighted by atomic mass is 79.9. The lowest BCUT2D eigenvalue weighted by Gasteiger charge is -1.96. The molecule has 0 spiro atoms. The third kappa shape index (κ3) is 1.34. The summed E-state index contributed by atoms with van der Waals surface area (Å²) in [5, 5.41) is 4.04. The molecule has 0 atom stereocenters. The maximum Gasteiger partial charge on any atom is 0.145 e. The van der Waals surface area contributed by atoms with Gasteiger partial charge in [-0.3, -0.25) is 4.68 Å². The van der Waals surface area contributed by atoms with Gasteiger partial charge >= 0.3 is 0 Å². The zero-order chi connectivity index (χ0) is 12.1. The zero-order valence-corrected chi connectivity index (χ0v) is 8.52. The van der Waals surface area contributed by atoms with Crippen LogP contribution < -0.4 is 0 Å². The van der Waals surface area contributed by atoms with Crippen molar-refractivity contribution in [3.8, 4) is 0 Å². The molecule has 0 fully saturated rings. The first-order valence-corrected chi connectivity index (χ1v) is 4.51. The lowest BCUT2D eigenvalue weighted by atomic mass is 10.2. The summed E-state index contributed by atoms with van der Waals surface area (Å²) in [5.41, 5.74) is 0.129. The Bertz CT molecular complexity index is 566. The molecule has 13 heavy (non-hydrogen) atoms. The van der Waals surface area contributed by atoms with Crippen LogP contribution in [0.15, 0.2) is 16.7 Å². The topological polar surface area (TPSA) is 17.8 Å². The van der Waals surface area contributed by atoms with E-state index in [9.17, 15) is 4.39 Å². The summed E-state index contributed by atoms with van der Waals surface area (Å²) < 4.78 is 36.0. The largest absolute Gasteiger partial charge is 0.275 e. The smallest absolute Gasteiger partial charge is 0.145 e. The molecular weight excluding hydrogens is 258 g/mol. The van der Waals surface area contributed by atoms with Gasteiger partial charge in [0.15, 0.2) is 0 Å². The minimum atomic E-state index is -2.40. The van der Waals surface area contributed by atoms with Crippen molar-refractivity contribution in [1.82, 2.24) is 9.78 Å². The Hall–Kier alpha value is -0.610. The van der Waals surface area contributed by atoms with E-state index in [-0.39, 0.29) is 10.5 Å². The van der Waals surface area contributed by atoms with Gasteiger partial charge in [-0.05, 0) is 22.0 Å². The normalized spacial score (nSPS) is 15.5. The molecule has 0 amide bonds. The highest BCUT2D eigenvalue weighted by Crippen LogP contribution is 2.31. The van der Waals surface area contributed by atoms with E-state index in [2.05, 4.69) is 21.0 Å². The molecule has 0 saturated carbocycles. The molecular formula is C8H5BrClFN2. The average Bonchev–Trinajstić information content (AvgIpc) is 2.58. The number of benzene rings is 1. The number of rotatable bonds is 0. The van der Waals surface area contributed by atoms with Crippen molar-refractivity contribution in [2.24, 2.45) is 6.98 Å². The van der Waals surface area contributed by atoms with Gasteiger partial charge < -0.3 is 0 Å². The number of hydrogen-bond acceptors (Lipinski definition) is 1. The second-order valence-corrected chi connectivity index (χ2v) is 3.72. The molecule has 0 bridgehead atoms. The minimum absolute atomic E-state index is 0.129. The van der Waals surface area contributed by atoms with Crippen LogP contribution in [0.5, 0.6) is 0 Å². The number of hydrogen-bond donors (Lipinski definition) is 0. The second-order valence-electron chi connectivity index (χ2n) is 2.49. The van der Waals surface area contributed by atoms with Crippen LogP contribution in [-0.4, -0.2) is 9.78 Å². The molecule has 2 aromatic rings. The number of aromatic nitrogens is 2. The Morgan fingerprint density at radius 3 is 3.23 bits per heavy atom. The molecule has 0 unspecified atom stereocenters. The predicted octanol–water partition coefficient (Wildman–Crippen LogP) is 3.13. The summed E-state index contributed by atoms with van der Waals surface area (Å²) in [6, 6.07) is 1.18. The first-order chi connectivity index (χ1) is 7.30. The third-order valence-electron chi connectivity index (χ3n) is 1.64. The molecule has 1 aromatic carbocycles. The van der Waals surface area contributed by atoms with Crippen molar-refractivity contribution in [2.75, 3.05) is 0 Å². The molecule has 0 aliphatic carbocycles. The number of aryl methyl sites for hydroxylation is 1. The standard InChI is InChI=1S/C8H5BrClFN2/c1-13-3-4-5(9)2-6(11)7(10)8(4)12-13/h2-3H,1H3/i1D3. The van der Waals surface area contributed by atoms with E-state index in [0.29, 0.717) is 9.86 Å².